The van der Waals surface area contributed by atoms with Crippen LogP contribution in [0.25, 0.3) is 11.0 Å². The van der Waals surface area contributed by atoms with Gasteiger partial charge in [0.25, 0.3) is 0 Å². The third-order valence-corrected chi connectivity index (χ3v) is 5.18. The van der Waals surface area contributed by atoms with E-state index in [1.165, 1.54) is 0 Å². The SMILES string of the molecule is CCN1CCC(n2ccc3nc(NC(=O)OCCCCOC)ccc32)CC1. The summed E-state index contributed by atoms with van der Waals surface area (Å²) >= 11 is 0. The molecule has 7 heteroatoms. The van der Waals surface area contributed by atoms with Gasteiger partial charge in [-0.3, -0.25) is 5.32 Å². The molecule has 0 radical (unpaired) electrons. The van der Waals surface area contributed by atoms with Crippen molar-refractivity contribution >= 4 is 22.9 Å². The molecule has 7 nitrogen and oxygen atoms in total. The molecule has 2 aromatic heterocycles. The van der Waals surface area contributed by atoms with Crippen molar-refractivity contribution in [3.63, 3.8) is 0 Å². The first-order valence-electron chi connectivity index (χ1n) is 9.84. The Labute approximate surface area is 160 Å². The Morgan fingerprint density at radius 2 is 2.00 bits per heavy atom. The highest BCUT2D eigenvalue weighted by Crippen LogP contribution is 2.27. The number of nitrogens with one attached hydrogen (secondary N) is 1. The van der Waals surface area contributed by atoms with Crippen LogP contribution >= 0.6 is 0 Å². The van der Waals surface area contributed by atoms with E-state index in [-0.39, 0.29) is 0 Å². The fourth-order valence-electron chi connectivity index (χ4n) is 3.60. The van der Waals surface area contributed by atoms with E-state index in [0.29, 0.717) is 25.1 Å². The van der Waals surface area contributed by atoms with Crippen molar-refractivity contribution in [1.29, 1.82) is 0 Å². The molecule has 1 saturated heterocycles. The quantitative estimate of drug-likeness (QED) is 0.714. The third kappa shape index (κ3) is 5.20. The van der Waals surface area contributed by atoms with Gasteiger partial charge in [0, 0.05) is 39.0 Å². The highest BCUT2D eigenvalue weighted by molar-refractivity contribution is 5.86. The number of rotatable bonds is 8. The molecule has 27 heavy (non-hydrogen) atoms. The first-order chi connectivity index (χ1) is 13.2. The van der Waals surface area contributed by atoms with Crippen molar-refractivity contribution in [2.75, 3.05) is 45.3 Å². The minimum absolute atomic E-state index is 0.379. The Kier molecular flexibility index (Phi) is 7.06. The van der Waals surface area contributed by atoms with Crippen LogP contribution in [0, 0.1) is 0 Å². The van der Waals surface area contributed by atoms with Crippen LogP contribution in [0.1, 0.15) is 38.6 Å². The number of unbranched alkanes of at least 4 members (excludes halogenated alkanes) is 1. The molecule has 3 heterocycles. The number of fused-ring (bicyclic) bond motifs is 1. The molecule has 2 aromatic rings. The molecule has 1 aliphatic rings. The number of ether oxygens (including phenoxy) is 2. The molecule has 0 aromatic carbocycles. The van der Waals surface area contributed by atoms with Crippen LogP contribution in [0.15, 0.2) is 24.4 Å². The molecule has 0 spiro atoms. The standard InChI is InChI=1S/C20H30N4O3/c1-3-23-11-8-16(9-12-23)24-13-10-17-18(24)6-7-19(21-17)22-20(25)27-15-5-4-14-26-2/h6-7,10,13,16H,3-5,8-9,11-12,14-15H2,1-2H3,(H,21,22,25). The lowest BCUT2D eigenvalue weighted by molar-refractivity contribution is 0.148. The van der Waals surface area contributed by atoms with Crippen molar-refractivity contribution in [2.24, 2.45) is 0 Å². The van der Waals surface area contributed by atoms with Gasteiger partial charge in [-0.25, -0.2) is 9.78 Å². The number of anilines is 1. The van der Waals surface area contributed by atoms with Crippen LogP contribution in [-0.4, -0.2) is 60.5 Å². The highest BCUT2D eigenvalue weighted by Gasteiger charge is 2.20. The highest BCUT2D eigenvalue weighted by atomic mass is 16.5. The number of carbonyl (C=O) groups is 1. The lowest BCUT2D eigenvalue weighted by Gasteiger charge is -2.32. The monoisotopic (exact) mass is 374 g/mol. The van der Waals surface area contributed by atoms with E-state index in [9.17, 15) is 4.79 Å². The molecule has 0 unspecified atom stereocenters. The van der Waals surface area contributed by atoms with Crippen LogP contribution in [0.3, 0.4) is 0 Å². The minimum atomic E-state index is -0.467. The van der Waals surface area contributed by atoms with Crippen molar-refractivity contribution < 1.29 is 14.3 Å². The summed E-state index contributed by atoms with van der Waals surface area (Å²) in [5, 5.41) is 2.71. The van der Waals surface area contributed by atoms with Crippen molar-refractivity contribution in [3.8, 4) is 0 Å². The molecular weight excluding hydrogens is 344 g/mol. The van der Waals surface area contributed by atoms with E-state index >= 15 is 0 Å². The molecule has 3 rings (SSSR count). The first kappa shape index (κ1) is 19.6. The summed E-state index contributed by atoms with van der Waals surface area (Å²) in [5.41, 5.74) is 2.01. The number of pyridine rings is 1. The molecule has 0 atom stereocenters. The van der Waals surface area contributed by atoms with Gasteiger partial charge in [0.15, 0.2) is 0 Å². The van der Waals surface area contributed by atoms with Gasteiger partial charge < -0.3 is 18.9 Å². The molecule has 1 amide bonds. The van der Waals surface area contributed by atoms with Crippen molar-refractivity contribution in [3.05, 3.63) is 24.4 Å². The lowest BCUT2D eigenvalue weighted by Crippen LogP contribution is -2.34. The predicted molar refractivity (Wildman–Crippen MR) is 106 cm³/mol. The van der Waals surface area contributed by atoms with E-state index in [1.807, 2.05) is 18.2 Å². The van der Waals surface area contributed by atoms with Gasteiger partial charge in [-0.1, -0.05) is 6.92 Å². The van der Waals surface area contributed by atoms with Gasteiger partial charge in [-0.2, -0.15) is 0 Å². The molecular formula is C20H30N4O3. The fourth-order valence-corrected chi connectivity index (χ4v) is 3.60. The number of likely N-dealkylation sites (tertiary alicyclic amines) is 1. The second-order valence-electron chi connectivity index (χ2n) is 6.95. The number of nitrogens with zero attached hydrogens (tertiary/aromatic N) is 3. The Morgan fingerprint density at radius 1 is 1.22 bits per heavy atom. The summed E-state index contributed by atoms with van der Waals surface area (Å²) in [6.07, 6.45) is 5.62. The molecule has 0 saturated carbocycles. The van der Waals surface area contributed by atoms with E-state index in [2.05, 4.69) is 32.9 Å². The van der Waals surface area contributed by atoms with E-state index in [1.54, 1.807) is 7.11 Å². The average molecular weight is 374 g/mol. The fraction of sp³-hybridized carbons (Fsp3) is 0.600. The second kappa shape index (κ2) is 9.71. The Morgan fingerprint density at radius 3 is 2.74 bits per heavy atom. The van der Waals surface area contributed by atoms with Crippen LogP contribution in [0.2, 0.25) is 0 Å². The zero-order chi connectivity index (χ0) is 19.1. The summed E-state index contributed by atoms with van der Waals surface area (Å²) in [7, 11) is 1.66. The average Bonchev–Trinajstić information content (AvgIpc) is 3.11. The number of methoxy groups -OCH3 is 1. The number of amides is 1. The Bertz CT molecular complexity index is 738. The van der Waals surface area contributed by atoms with Crippen LogP contribution < -0.4 is 5.32 Å². The van der Waals surface area contributed by atoms with Gasteiger partial charge in [-0.15, -0.1) is 0 Å². The van der Waals surface area contributed by atoms with E-state index < -0.39 is 6.09 Å². The third-order valence-electron chi connectivity index (χ3n) is 5.18. The van der Waals surface area contributed by atoms with Crippen molar-refractivity contribution in [1.82, 2.24) is 14.5 Å². The minimum Gasteiger partial charge on any atom is -0.449 e. The predicted octanol–water partition coefficient (Wildman–Crippen LogP) is 3.67. The molecule has 148 valence electrons. The van der Waals surface area contributed by atoms with Crippen LogP contribution in [-0.2, 0) is 9.47 Å². The topological polar surface area (TPSA) is 68.6 Å². The number of carbonyl (C=O) groups excluding carboxylic acids is 1. The zero-order valence-electron chi connectivity index (χ0n) is 16.3. The number of aromatic nitrogens is 2. The normalized spacial score (nSPS) is 15.9. The number of hydrogen-bond donors (Lipinski definition) is 1. The summed E-state index contributed by atoms with van der Waals surface area (Å²) in [6.45, 7) is 6.68. The van der Waals surface area contributed by atoms with Gasteiger partial charge in [-0.05, 0) is 50.4 Å². The maximum absolute atomic E-state index is 11.9. The molecule has 1 aliphatic heterocycles. The van der Waals surface area contributed by atoms with Gasteiger partial charge >= 0.3 is 6.09 Å². The maximum atomic E-state index is 11.9. The Hall–Kier alpha value is -2.12. The zero-order valence-corrected chi connectivity index (χ0v) is 16.3. The largest absolute Gasteiger partial charge is 0.449 e. The summed E-state index contributed by atoms with van der Waals surface area (Å²) in [6, 6.07) is 6.40. The van der Waals surface area contributed by atoms with Crippen LogP contribution in [0.5, 0.6) is 0 Å². The Balaban J connectivity index is 1.56. The van der Waals surface area contributed by atoms with Crippen molar-refractivity contribution in [2.45, 2.75) is 38.6 Å². The lowest BCUT2D eigenvalue weighted by atomic mass is 10.0. The number of piperidine rings is 1. The van der Waals surface area contributed by atoms with E-state index in [0.717, 1.165) is 56.4 Å². The van der Waals surface area contributed by atoms with Gasteiger partial charge in [0.2, 0.25) is 0 Å². The maximum Gasteiger partial charge on any atom is 0.412 e. The summed E-state index contributed by atoms with van der Waals surface area (Å²) in [4.78, 5) is 18.9. The van der Waals surface area contributed by atoms with Crippen LogP contribution in [0.4, 0.5) is 10.6 Å². The second-order valence-corrected chi connectivity index (χ2v) is 6.95. The van der Waals surface area contributed by atoms with Gasteiger partial charge in [0.05, 0.1) is 17.6 Å². The first-order valence-corrected chi connectivity index (χ1v) is 9.84. The number of hydrogen-bond acceptors (Lipinski definition) is 5. The summed E-state index contributed by atoms with van der Waals surface area (Å²) in [5.74, 6) is 0.517. The van der Waals surface area contributed by atoms with Gasteiger partial charge in [0.1, 0.15) is 5.82 Å². The smallest absolute Gasteiger partial charge is 0.412 e. The molecule has 1 fully saturated rings. The summed E-state index contributed by atoms with van der Waals surface area (Å²) < 4.78 is 12.5. The molecule has 1 N–H and O–H groups in total. The molecule has 0 aliphatic carbocycles. The van der Waals surface area contributed by atoms with E-state index in [4.69, 9.17) is 9.47 Å². The molecule has 0 bridgehead atoms.